The highest BCUT2D eigenvalue weighted by Crippen LogP contribution is 2.36. The molecular formula is C32H34N2O3. The molecule has 0 aliphatic heterocycles. The average Bonchev–Trinajstić information content (AvgIpc) is 3.53. The number of para-hydroxylation sites is 1. The van der Waals surface area contributed by atoms with Crippen LogP contribution in [0.1, 0.15) is 40.3 Å². The van der Waals surface area contributed by atoms with Gasteiger partial charge in [-0.25, -0.2) is 4.79 Å². The number of hydrogen-bond donors (Lipinski definition) is 1. The number of hydrogen-bond acceptors (Lipinski definition) is 4. The van der Waals surface area contributed by atoms with Gasteiger partial charge in [0, 0.05) is 42.3 Å². The highest BCUT2D eigenvalue weighted by Gasteiger charge is 2.28. The zero-order valence-electron chi connectivity index (χ0n) is 21.6. The predicted molar refractivity (Wildman–Crippen MR) is 149 cm³/mol. The first-order valence-corrected chi connectivity index (χ1v) is 13.0. The lowest BCUT2D eigenvalue weighted by Gasteiger charge is -2.30. The van der Waals surface area contributed by atoms with Crippen molar-refractivity contribution >= 4 is 22.9 Å². The van der Waals surface area contributed by atoms with Gasteiger partial charge in [-0.05, 0) is 78.3 Å². The van der Waals surface area contributed by atoms with Crippen LogP contribution in [0.2, 0.25) is 0 Å². The van der Waals surface area contributed by atoms with Gasteiger partial charge in [-0.15, -0.1) is 0 Å². The number of carbonyl (C=O) groups excluding carboxylic acids is 1. The Morgan fingerprint density at radius 1 is 1.08 bits per heavy atom. The lowest BCUT2D eigenvalue weighted by molar-refractivity contribution is -0.134. The fraction of sp³-hybridized carbons (Fsp3) is 0.281. The van der Waals surface area contributed by atoms with E-state index >= 15 is 0 Å². The van der Waals surface area contributed by atoms with E-state index in [4.69, 9.17) is 9.47 Å². The van der Waals surface area contributed by atoms with Crippen LogP contribution in [0.15, 0.2) is 79.0 Å². The average molecular weight is 495 g/mol. The van der Waals surface area contributed by atoms with Crippen molar-refractivity contribution in [2.75, 3.05) is 26.8 Å². The summed E-state index contributed by atoms with van der Waals surface area (Å²) in [5.41, 5.74) is 7.50. The number of nitrogens with one attached hydrogen (secondary N) is 1. The van der Waals surface area contributed by atoms with E-state index in [1.807, 2.05) is 18.2 Å². The number of H-pyrrole nitrogens is 1. The van der Waals surface area contributed by atoms with Crippen LogP contribution in [0, 0.1) is 6.92 Å². The maximum Gasteiger partial charge on any atom is 0.330 e. The third-order valence-corrected chi connectivity index (χ3v) is 7.25. The molecule has 1 heterocycles. The second kappa shape index (κ2) is 11.5. The van der Waals surface area contributed by atoms with Crippen LogP contribution in [0.5, 0.6) is 5.75 Å². The summed E-state index contributed by atoms with van der Waals surface area (Å²) in [5.74, 6) is 0.584. The molecule has 0 spiro atoms. The summed E-state index contributed by atoms with van der Waals surface area (Å²) in [6, 6.07) is 23.6. The topological polar surface area (TPSA) is 54.6 Å². The number of rotatable bonds is 10. The first-order chi connectivity index (χ1) is 18.1. The lowest BCUT2D eigenvalue weighted by atomic mass is 10.0. The molecule has 0 bridgehead atoms. The molecule has 1 aromatic heterocycles. The number of aromatic nitrogens is 1. The molecule has 0 amide bonds. The summed E-state index contributed by atoms with van der Waals surface area (Å²) < 4.78 is 10.9. The molecular weight excluding hydrogens is 460 g/mol. The van der Waals surface area contributed by atoms with Gasteiger partial charge >= 0.3 is 5.97 Å². The van der Waals surface area contributed by atoms with Gasteiger partial charge in [0.15, 0.2) is 0 Å². The number of aromatic amines is 1. The summed E-state index contributed by atoms with van der Waals surface area (Å²) in [6.45, 7) is 4.53. The standard InChI is InChI=1S/C32H34N2O3/c1-23-6-5-7-27(20-23)37-19-18-34(17-16-26-22-33-30-9-4-3-8-28(26)30)31-14-12-25-21-24(10-13-29(25)31)11-15-32(35)36-2/h3-11,13,15,20-22,31,33H,12,14,16-19H2,1-2H3. The molecule has 5 rings (SSSR count). The maximum atomic E-state index is 11.5. The fourth-order valence-electron chi connectivity index (χ4n) is 5.34. The van der Waals surface area contributed by atoms with Gasteiger partial charge in [0.2, 0.25) is 0 Å². The lowest BCUT2D eigenvalue weighted by Crippen LogP contribution is -2.33. The summed E-state index contributed by atoms with van der Waals surface area (Å²) in [4.78, 5) is 17.5. The highest BCUT2D eigenvalue weighted by atomic mass is 16.5. The Labute approximate surface area is 218 Å². The van der Waals surface area contributed by atoms with E-state index in [-0.39, 0.29) is 5.97 Å². The van der Waals surface area contributed by atoms with Crippen LogP contribution >= 0.6 is 0 Å². The minimum Gasteiger partial charge on any atom is -0.492 e. The summed E-state index contributed by atoms with van der Waals surface area (Å²) in [5, 5.41) is 1.30. The molecule has 1 atom stereocenters. The van der Waals surface area contributed by atoms with Crippen molar-refractivity contribution < 1.29 is 14.3 Å². The molecule has 37 heavy (non-hydrogen) atoms. The first kappa shape index (κ1) is 24.8. The number of methoxy groups -OCH3 is 1. The van der Waals surface area contributed by atoms with E-state index < -0.39 is 0 Å². The third-order valence-electron chi connectivity index (χ3n) is 7.25. The summed E-state index contributed by atoms with van der Waals surface area (Å²) in [6.07, 6.45) is 8.53. The van der Waals surface area contributed by atoms with Gasteiger partial charge in [0.05, 0.1) is 7.11 Å². The van der Waals surface area contributed by atoms with E-state index in [1.165, 1.54) is 46.3 Å². The number of ether oxygens (including phenoxy) is 2. The predicted octanol–water partition coefficient (Wildman–Crippen LogP) is 6.27. The number of aryl methyl sites for hydroxylation is 2. The van der Waals surface area contributed by atoms with Gasteiger partial charge < -0.3 is 14.5 Å². The zero-order chi connectivity index (χ0) is 25.6. The first-order valence-electron chi connectivity index (χ1n) is 13.0. The molecule has 0 saturated heterocycles. The Morgan fingerprint density at radius 3 is 2.84 bits per heavy atom. The maximum absolute atomic E-state index is 11.5. The molecule has 190 valence electrons. The fourth-order valence-corrected chi connectivity index (χ4v) is 5.34. The Balaban J connectivity index is 1.33. The summed E-state index contributed by atoms with van der Waals surface area (Å²) >= 11 is 0. The molecule has 4 aromatic rings. The highest BCUT2D eigenvalue weighted by molar-refractivity contribution is 5.87. The van der Waals surface area contributed by atoms with E-state index in [0.29, 0.717) is 12.6 Å². The van der Waals surface area contributed by atoms with Crippen molar-refractivity contribution in [2.45, 2.75) is 32.2 Å². The number of nitrogens with zero attached hydrogens (tertiary/aromatic N) is 1. The van der Waals surface area contributed by atoms with Crippen LogP contribution in [-0.4, -0.2) is 42.7 Å². The van der Waals surface area contributed by atoms with Crippen molar-refractivity contribution in [2.24, 2.45) is 0 Å². The van der Waals surface area contributed by atoms with Gasteiger partial charge in [0.1, 0.15) is 12.4 Å². The molecule has 1 aliphatic carbocycles. The van der Waals surface area contributed by atoms with Crippen LogP contribution in [0.4, 0.5) is 0 Å². The number of esters is 1. The smallest absolute Gasteiger partial charge is 0.330 e. The Kier molecular flexibility index (Phi) is 7.71. The summed E-state index contributed by atoms with van der Waals surface area (Å²) in [7, 11) is 1.40. The minimum absolute atomic E-state index is 0.338. The minimum atomic E-state index is -0.338. The Hall–Kier alpha value is -3.83. The SMILES string of the molecule is COC(=O)C=Cc1ccc2c(c1)CCC2N(CCOc1cccc(C)c1)CCc1c[nH]c2ccccc12. The normalized spacial score (nSPS) is 14.9. The number of carbonyl (C=O) groups is 1. The van der Waals surface area contributed by atoms with Crippen molar-refractivity contribution in [3.8, 4) is 5.75 Å². The van der Waals surface area contributed by atoms with E-state index in [0.717, 1.165) is 43.7 Å². The molecule has 5 heteroatoms. The van der Waals surface area contributed by atoms with Crippen LogP contribution in [-0.2, 0) is 22.4 Å². The quantitative estimate of drug-likeness (QED) is 0.208. The van der Waals surface area contributed by atoms with Crippen LogP contribution < -0.4 is 4.74 Å². The van der Waals surface area contributed by atoms with E-state index in [2.05, 4.69) is 77.6 Å². The second-order valence-corrected chi connectivity index (χ2v) is 9.68. The molecule has 0 radical (unpaired) electrons. The molecule has 0 saturated carbocycles. The Bertz CT molecular complexity index is 1400. The largest absolute Gasteiger partial charge is 0.492 e. The molecule has 1 aliphatic rings. The van der Waals surface area contributed by atoms with Crippen molar-refractivity contribution in [1.82, 2.24) is 9.88 Å². The van der Waals surface area contributed by atoms with E-state index in [9.17, 15) is 4.79 Å². The van der Waals surface area contributed by atoms with Gasteiger partial charge in [-0.1, -0.05) is 48.5 Å². The van der Waals surface area contributed by atoms with Gasteiger partial charge in [0.25, 0.3) is 0 Å². The van der Waals surface area contributed by atoms with Crippen molar-refractivity contribution in [1.29, 1.82) is 0 Å². The monoisotopic (exact) mass is 494 g/mol. The van der Waals surface area contributed by atoms with Crippen molar-refractivity contribution in [3.63, 3.8) is 0 Å². The molecule has 0 fully saturated rings. The molecule has 3 aromatic carbocycles. The molecule has 1 unspecified atom stereocenters. The zero-order valence-corrected chi connectivity index (χ0v) is 21.6. The third kappa shape index (κ3) is 5.95. The van der Waals surface area contributed by atoms with Gasteiger partial charge in [-0.2, -0.15) is 0 Å². The van der Waals surface area contributed by atoms with Crippen LogP contribution in [0.3, 0.4) is 0 Å². The second-order valence-electron chi connectivity index (χ2n) is 9.68. The van der Waals surface area contributed by atoms with Crippen molar-refractivity contribution in [3.05, 3.63) is 107 Å². The Morgan fingerprint density at radius 2 is 1.97 bits per heavy atom. The molecule has 1 N–H and O–H groups in total. The van der Waals surface area contributed by atoms with Crippen LogP contribution in [0.25, 0.3) is 17.0 Å². The molecule has 5 nitrogen and oxygen atoms in total. The van der Waals surface area contributed by atoms with E-state index in [1.54, 1.807) is 0 Å². The number of benzene rings is 3. The van der Waals surface area contributed by atoms with Gasteiger partial charge in [-0.3, -0.25) is 4.90 Å². The number of fused-ring (bicyclic) bond motifs is 2.